The van der Waals surface area contributed by atoms with E-state index >= 15 is 0 Å². The van der Waals surface area contributed by atoms with Crippen LogP contribution < -0.4 is 11.3 Å². The molecule has 0 aromatic carbocycles. The molecule has 0 unspecified atom stereocenters. The molecule has 0 aromatic rings. The zero-order valence-electron chi connectivity index (χ0n) is 5.90. The lowest BCUT2D eigenvalue weighted by Gasteiger charge is -2.12. The minimum atomic E-state index is 0.993. The molecule has 0 aliphatic rings. The Kier molecular flexibility index (Phi) is 3.96. The van der Waals surface area contributed by atoms with Gasteiger partial charge in [0.25, 0.3) is 0 Å². The SMILES string of the molecule is C/C(NN)=C(\C)N(C)I. The first-order valence-corrected chi connectivity index (χ1v) is 3.59. The van der Waals surface area contributed by atoms with Gasteiger partial charge >= 0.3 is 0 Å². The summed E-state index contributed by atoms with van der Waals surface area (Å²) in [6, 6.07) is 0. The fraction of sp³-hybridized carbons (Fsp3) is 0.600. The molecule has 0 amide bonds. The highest BCUT2D eigenvalue weighted by Crippen LogP contribution is 2.08. The van der Waals surface area contributed by atoms with Crippen molar-refractivity contribution in [1.29, 1.82) is 0 Å². The molecule has 4 heteroatoms. The minimum Gasteiger partial charge on any atom is -0.327 e. The number of hydrogen-bond acceptors (Lipinski definition) is 3. The van der Waals surface area contributed by atoms with Crippen molar-refractivity contribution in [3.63, 3.8) is 0 Å². The lowest BCUT2D eigenvalue weighted by atomic mass is 10.4. The lowest BCUT2D eigenvalue weighted by Crippen LogP contribution is -2.22. The number of hydrogen-bond donors (Lipinski definition) is 2. The van der Waals surface area contributed by atoms with Gasteiger partial charge in [-0.25, -0.2) is 0 Å². The summed E-state index contributed by atoms with van der Waals surface area (Å²) in [6.07, 6.45) is 0. The van der Waals surface area contributed by atoms with Gasteiger partial charge in [-0.05, 0) is 13.8 Å². The van der Waals surface area contributed by atoms with E-state index in [0.717, 1.165) is 11.4 Å². The van der Waals surface area contributed by atoms with Crippen molar-refractivity contribution in [2.45, 2.75) is 13.8 Å². The molecule has 0 saturated carbocycles. The van der Waals surface area contributed by atoms with Crippen LogP contribution in [-0.4, -0.2) is 10.2 Å². The molecule has 0 heterocycles. The zero-order valence-corrected chi connectivity index (χ0v) is 8.06. The lowest BCUT2D eigenvalue weighted by molar-refractivity contribution is 0.709. The average Bonchev–Trinajstić information content (AvgIpc) is 1.84. The third-order valence-corrected chi connectivity index (χ3v) is 1.95. The first-order chi connectivity index (χ1) is 4.09. The number of nitrogens with zero attached hydrogens (tertiary/aromatic N) is 1. The Morgan fingerprint density at radius 3 is 2.11 bits per heavy atom. The highest BCUT2D eigenvalue weighted by atomic mass is 127. The summed E-state index contributed by atoms with van der Waals surface area (Å²) in [5, 5.41) is 0. The predicted molar refractivity (Wildman–Crippen MR) is 47.5 cm³/mol. The van der Waals surface area contributed by atoms with Gasteiger partial charge in [-0.2, -0.15) is 0 Å². The van der Waals surface area contributed by atoms with Crippen molar-refractivity contribution in [3.8, 4) is 0 Å². The van der Waals surface area contributed by atoms with E-state index in [1.54, 1.807) is 0 Å². The second kappa shape index (κ2) is 3.94. The van der Waals surface area contributed by atoms with Gasteiger partial charge in [0.2, 0.25) is 0 Å². The van der Waals surface area contributed by atoms with E-state index < -0.39 is 0 Å². The number of allylic oxidation sites excluding steroid dienone is 2. The van der Waals surface area contributed by atoms with Crippen molar-refractivity contribution in [2.75, 3.05) is 7.05 Å². The van der Waals surface area contributed by atoms with Gasteiger partial charge < -0.3 is 8.54 Å². The minimum absolute atomic E-state index is 0.993. The molecule has 0 aromatic heterocycles. The van der Waals surface area contributed by atoms with Crippen LogP contribution >= 0.6 is 22.9 Å². The Hall–Kier alpha value is 0.0300. The van der Waals surface area contributed by atoms with Gasteiger partial charge in [0, 0.05) is 18.4 Å². The third-order valence-electron chi connectivity index (χ3n) is 1.22. The van der Waals surface area contributed by atoms with Crippen molar-refractivity contribution >= 4 is 22.9 Å². The van der Waals surface area contributed by atoms with Crippen LogP contribution in [0.25, 0.3) is 0 Å². The topological polar surface area (TPSA) is 41.3 Å². The molecule has 0 rings (SSSR count). The third kappa shape index (κ3) is 2.90. The molecule has 54 valence electrons. The Labute approximate surface area is 69.7 Å². The first kappa shape index (κ1) is 9.03. The molecule has 0 spiro atoms. The van der Waals surface area contributed by atoms with Crippen LogP contribution in [0.1, 0.15) is 13.8 Å². The standard InChI is InChI=1S/C5H12IN3/c1-4(8-7)5(2)9(3)6/h8H,7H2,1-3H3/b5-4-. The Morgan fingerprint density at radius 2 is 2.00 bits per heavy atom. The Balaban J connectivity index is 4.10. The molecule has 0 saturated heterocycles. The smallest absolute Gasteiger partial charge is 0.0586 e. The van der Waals surface area contributed by atoms with Crippen LogP contribution in [-0.2, 0) is 0 Å². The molecule has 0 bridgehead atoms. The normalized spacial score (nSPS) is 12.6. The van der Waals surface area contributed by atoms with E-state index in [1.165, 1.54) is 0 Å². The van der Waals surface area contributed by atoms with Crippen LogP contribution in [0.15, 0.2) is 11.4 Å². The summed E-state index contributed by atoms with van der Waals surface area (Å²) in [5.41, 5.74) is 4.71. The van der Waals surface area contributed by atoms with Crippen LogP contribution in [0.3, 0.4) is 0 Å². The van der Waals surface area contributed by atoms with Crippen molar-refractivity contribution in [1.82, 2.24) is 8.54 Å². The molecular formula is C5H12IN3. The molecule has 0 fully saturated rings. The molecule has 0 atom stereocenters. The van der Waals surface area contributed by atoms with Gasteiger partial charge in [-0.3, -0.25) is 5.84 Å². The number of nitrogens with one attached hydrogen (secondary N) is 1. The van der Waals surface area contributed by atoms with Crippen molar-refractivity contribution < 1.29 is 0 Å². The maximum atomic E-state index is 5.17. The Morgan fingerprint density at radius 1 is 1.56 bits per heavy atom. The fourth-order valence-electron chi connectivity index (χ4n) is 0.336. The van der Waals surface area contributed by atoms with E-state index in [9.17, 15) is 0 Å². The van der Waals surface area contributed by atoms with E-state index in [4.69, 9.17) is 5.84 Å². The summed E-state index contributed by atoms with van der Waals surface area (Å²) in [7, 11) is 1.97. The van der Waals surface area contributed by atoms with Crippen LogP contribution in [0.5, 0.6) is 0 Å². The summed E-state index contributed by atoms with van der Waals surface area (Å²) in [4.78, 5) is 0. The largest absolute Gasteiger partial charge is 0.327 e. The van der Waals surface area contributed by atoms with Gasteiger partial charge in [0.05, 0.1) is 22.9 Å². The maximum absolute atomic E-state index is 5.17. The maximum Gasteiger partial charge on any atom is 0.0586 e. The summed E-state index contributed by atoms with van der Waals surface area (Å²) >= 11 is 2.19. The second-order valence-corrected chi connectivity index (χ2v) is 3.28. The molecule has 3 nitrogen and oxygen atoms in total. The molecule has 0 aliphatic carbocycles. The summed E-state index contributed by atoms with van der Waals surface area (Å²) in [6.45, 7) is 3.94. The van der Waals surface area contributed by atoms with E-state index in [-0.39, 0.29) is 0 Å². The van der Waals surface area contributed by atoms with E-state index in [0.29, 0.717) is 0 Å². The first-order valence-electron chi connectivity index (χ1n) is 2.63. The second-order valence-electron chi connectivity index (χ2n) is 1.83. The van der Waals surface area contributed by atoms with Crippen molar-refractivity contribution in [3.05, 3.63) is 11.4 Å². The van der Waals surface area contributed by atoms with Crippen LogP contribution in [0, 0.1) is 0 Å². The number of rotatable bonds is 2. The highest BCUT2D eigenvalue weighted by Gasteiger charge is 1.95. The van der Waals surface area contributed by atoms with Crippen LogP contribution in [0.4, 0.5) is 0 Å². The number of nitrogens with two attached hydrogens (primary N) is 1. The molecule has 3 N–H and O–H groups in total. The number of hydrazine groups is 1. The molecule has 9 heavy (non-hydrogen) atoms. The van der Waals surface area contributed by atoms with Gasteiger partial charge in [-0.15, -0.1) is 0 Å². The van der Waals surface area contributed by atoms with Gasteiger partial charge in [-0.1, -0.05) is 0 Å². The fourth-order valence-corrected chi connectivity index (χ4v) is 0.697. The molecule has 0 radical (unpaired) electrons. The monoisotopic (exact) mass is 241 g/mol. The van der Waals surface area contributed by atoms with Crippen molar-refractivity contribution in [2.24, 2.45) is 5.84 Å². The average molecular weight is 241 g/mol. The van der Waals surface area contributed by atoms with Crippen LogP contribution in [0.2, 0.25) is 0 Å². The molecular weight excluding hydrogens is 229 g/mol. The van der Waals surface area contributed by atoms with E-state index in [1.807, 2.05) is 24.0 Å². The summed E-state index contributed by atoms with van der Waals surface area (Å²) < 4.78 is 1.98. The predicted octanol–water partition coefficient (Wildman–Crippen LogP) is 0.983. The quantitative estimate of drug-likeness (QED) is 0.328. The summed E-state index contributed by atoms with van der Waals surface area (Å²) in [5.74, 6) is 5.17. The number of halogens is 1. The highest BCUT2D eigenvalue weighted by molar-refractivity contribution is 14.1. The van der Waals surface area contributed by atoms with Gasteiger partial charge in [0.1, 0.15) is 0 Å². The molecule has 0 aliphatic heterocycles. The van der Waals surface area contributed by atoms with E-state index in [2.05, 4.69) is 28.3 Å². The Bertz CT molecular complexity index is 119. The zero-order chi connectivity index (χ0) is 7.44. The van der Waals surface area contributed by atoms with Gasteiger partial charge in [0.15, 0.2) is 0 Å².